The van der Waals surface area contributed by atoms with Crippen LogP contribution in [0.3, 0.4) is 0 Å². The molecule has 0 amide bonds. The van der Waals surface area contributed by atoms with Gasteiger partial charge < -0.3 is 15.2 Å². The van der Waals surface area contributed by atoms with Crippen molar-refractivity contribution in [1.29, 1.82) is 0 Å². The Labute approximate surface area is 327 Å². The zero-order valence-electron chi connectivity index (χ0n) is 35.3. The van der Waals surface area contributed by atoms with Crippen molar-refractivity contribution in [3.63, 3.8) is 0 Å². The Morgan fingerprint density at radius 1 is 0.759 bits per heavy atom. The van der Waals surface area contributed by atoms with Crippen LogP contribution in [-0.2, 0) is 24.2 Å². The molecule has 1 heterocycles. The van der Waals surface area contributed by atoms with Crippen molar-refractivity contribution in [3.8, 4) is 0 Å². The molecule has 0 bridgehead atoms. The van der Waals surface area contributed by atoms with E-state index in [4.69, 9.17) is 4.74 Å². The monoisotopic (exact) mass is 771 g/mol. The first-order valence-electron chi connectivity index (χ1n) is 22.2. The van der Waals surface area contributed by atoms with Gasteiger partial charge in [0.05, 0.1) is 23.3 Å². The molecule has 306 valence electrons. The van der Waals surface area contributed by atoms with Crippen LogP contribution < -0.4 is 5.32 Å². The summed E-state index contributed by atoms with van der Waals surface area (Å²) < 4.78 is 30.8. The second-order valence-electron chi connectivity index (χ2n) is 22.9. The Balaban J connectivity index is 1.01. The second-order valence-corrected chi connectivity index (χ2v) is 25.2. The van der Waals surface area contributed by atoms with E-state index in [0.717, 1.165) is 25.3 Å². The van der Waals surface area contributed by atoms with E-state index in [1.54, 1.807) is 0 Å². The van der Waals surface area contributed by atoms with E-state index in [0.29, 0.717) is 66.1 Å². The summed E-state index contributed by atoms with van der Waals surface area (Å²) in [6.45, 7) is 23.8. The Hall–Kier alpha value is -1.19. The van der Waals surface area contributed by atoms with Crippen molar-refractivity contribution in [2.24, 2.45) is 73.9 Å². The van der Waals surface area contributed by atoms with Crippen LogP contribution >= 0.6 is 0 Å². The van der Waals surface area contributed by atoms with Crippen LogP contribution in [0, 0.1) is 73.9 Å². The first-order valence-corrected chi connectivity index (χ1v) is 24.0. The molecule has 2 N–H and O–H groups in total. The summed E-state index contributed by atoms with van der Waals surface area (Å²) in [5.41, 5.74) is 0.701. The first-order chi connectivity index (χ1) is 25.0. The maximum Gasteiger partial charge on any atom is 0.309 e. The third-order valence-electron chi connectivity index (χ3n) is 20.2. The first kappa shape index (κ1) is 39.6. The largest absolute Gasteiger partial charge is 0.481 e. The van der Waals surface area contributed by atoms with E-state index in [-0.39, 0.29) is 45.2 Å². The SMILES string of the molecule is C[C@H](CN[C@]12CC[C@@H](C3(C)CC3)[C@@H]1[C@H]1CC[C@@H]3[C@@]4(C)CC[C@H](OC(=O)[C@H]5C[C@@H](C(=O)O)C5(C)C)C(C)(C)[C@@H]4CC[C@@]3(C)[C@]1(C)CC2)N1CCS(=O)(=O)CC1. The van der Waals surface area contributed by atoms with Crippen molar-refractivity contribution in [2.45, 2.75) is 163 Å². The molecule has 54 heavy (non-hydrogen) atoms. The lowest BCUT2D eigenvalue weighted by Crippen LogP contribution is -2.69. The molecule has 8 fully saturated rings. The highest BCUT2D eigenvalue weighted by Crippen LogP contribution is 2.78. The smallest absolute Gasteiger partial charge is 0.309 e. The number of carboxylic acids is 1. The highest BCUT2D eigenvalue weighted by Gasteiger charge is 2.72. The van der Waals surface area contributed by atoms with Gasteiger partial charge in [0.25, 0.3) is 0 Å². The van der Waals surface area contributed by atoms with Crippen molar-refractivity contribution in [3.05, 3.63) is 0 Å². The van der Waals surface area contributed by atoms with Crippen LogP contribution in [0.4, 0.5) is 0 Å². The van der Waals surface area contributed by atoms with Crippen LogP contribution in [0.2, 0.25) is 0 Å². The number of ether oxygens (including phenoxy) is 1. The van der Waals surface area contributed by atoms with Gasteiger partial charge in [-0.05, 0) is 147 Å². The number of esters is 1. The Bertz CT molecular complexity index is 1630. The summed E-state index contributed by atoms with van der Waals surface area (Å²) in [6.07, 6.45) is 15.2. The number of hydrogen-bond acceptors (Lipinski definition) is 7. The van der Waals surface area contributed by atoms with Crippen LogP contribution in [0.1, 0.15) is 146 Å². The maximum atomic E-state index is 13.6. The highest BCUT2D eigenvalue weighted by atomic mass is 32.2. The number of carbonyl (C=O) groups is 2. The number of rotatable bonds is 8. The van der Waals surface area contributed by atoms with Gasteiger partial charge in [-0.1, -0.05) is 55.4 Å². The number of carbonyl (C=O) groups excluding carboxylic acids is 1. The van der Waals surface area contributed by atoms with Crippen molar-refractivity contribution in [2.75, 3.05) is 31.1 Å². The van der Waals surface area contributed by atoms with Gasteiger partial charge in [0.1, 0.15) is 6.10 Å². The molecule has 1 saturated heterocycles. The minimum absolute atomic E-state index is 0.129. The maximum absolute atomic E-state index is 13.6. The highest BCUT2D eigenvalue weighted by molar-refractivity contribution is 7.91. The molecule has 0 aromatic carbocycles. The molecule has 0 aromatic heterocycles. The van der Waals surface area contributed by atoms with Gasteiger partial charge >= 0.3 is 11.9 Å². The van der Waals surface area contributed by atoms with E-state index in [9.17, 15) is 23.1 Å². The van der Waals surface area contributed by atoms with Gasteiger partial charge in [-0.15, -0.1) is 0 Å². The Morgan fingerprint density at radius 2 is 1.44 bits per heavy atom. The lowest BCUT2D eigenvalue weighted by atomic mass is 9.32. The van der Waals surface area contributed by atoms with Crippen LogP contribution in [-0.4, -0.2) is 79.2 Å². The molecule has 0 unspecified atom stereocenters. The third-order valence-corrected chi connectivity index (χ3v) is 21.8. The standard InChI is InChI=1S/C45H74N2O6S/c1-28(47-22-24-54(51,52)25-23-47)27-46-45-17-12-29(41(6)18-19-41)36(45)30-10-11-34-42(7)15-14-35(53-38(50)32-26-31(37(48)49)39(32,2)3)40(4,5)33(42)13-16-44(34,9)43(30,8)20-21-45/h28-36,46H,10-27H2,1-9H3,(H,48,49)/t28-,29-,30-,31+,32-,33+,34-,35+,36-,42+,43-,44-,45+/m1/s1. The lowest BCUT2D eigenvalue weighted by Gasteiger charge is -2.73. The normalized spacial score (nSPS) is 48.8. The summed E-state index contributed by atoms with van der Waals surface area (Å²) in [7, 11) is -2.89. The van der Waals surface area contributed by atoms with Crippen molar-refractivity contribution < 1.29 is 27.9 Å². The fourth-order valence-electron chi connectivity index (χ4n) is 16.0. The number of nitrogens with zero attached hydrogens (tertiary/aromatic N) is 1. The summed E-state index contributed by atoms with van der Waals surface area (Å²) in [6, 6.07) is 0.336. The summed E-state index contributed by atoms with van der Waals surface area (Å²) in [4.78, 5) is 27.8. The fourth-order valence-corrected chi connectivity index (χ4v) is 17.3. The van der Waals surface area contributed by atoms with Crippen molar-refractivity contribution in [1.82, 2.24) is 10.2 Å². The van der Waals surface area contributed by atoms with Gasteiger partial charge in [0.2, 0.25) is 0 Å². The Kier molecular flexibility index (Phi) is 9.29. The van der Waals surface area contributed by atoms with Crippen LogP contribution in [0.5, 0.6) is 0 Å². The quantitative estimate of drug-likeness (QED) is 0.239. The number of nitrogens with one attached hydrogen (secondary N) is 1. The van der Waals surface area contributed by atoms with Gasteiger partial charge in [0.15, 0.2) is 9.84 Å². The van der Waals surface area contributed by atoms with Crippen LogP contribution in [0.15, 0.2) is 0 Å². The average molecular weight is 771 g/mol. The molecule has 0 radical (unpaired) electrons. The van der Waals surface area contributed by atoms with Gasteiger partial charge in [-0.2, -0.15) is 0 Å². The summed E-state index contributed by atoms with van der Waals surface area (Å²) >= 11 is 0. The number of fused-ring (bicyclic) bond motifs is 7. The molecule has 9 heteroatoms. The summed E-state index contributed by atoms with van der Waals surface area (Å²) in [5, 5.41) is 14.0. The Morgan fingerprint density at radius 3 is 2.07 bits per heavy atom. The number of sulfone groups is 1. The molecule has 7 aliphatic carbocycles. The molecular formula is C45H74N2O6S. The number of aliphatic carboxylic acids is 1. The fraction of sp³-hybridized carbons (Fsp3) is 0.956. The van der Waals surface area contributed by atoms with Gasteiger partial charge in [0, 0.05) is 36.6 Å². The molecule has 8 rings (SSSR count). The summed E-state index contributed by atoms with van der Waals surface area (Å²) in [5.74, 6) is 2.11. The topological polar surface area (TPSA) is 113 Å². The molecule has 0 aromatic rings. The average Bonchev–Trinajstić information content (AvgIpc) is 3.70. The molecule has 7 saturated carbocycles. The lowest BCUT2D eigenvalue weighted by molar-refractivity contribution is -0.249. The molecule has 0 spiro atoms. The zero-order chi connectivity index (χ0) is 39.1. The van der Waals surface area contributed by atoms with E-state index >= 15 is 0 Å². The molecule has 13 atom stereocenters. The minimum atomic E-state index is -2.89. The minimum Gasteiger partial charge on any atom is -0.481 e. The molecule has 1 aliphatic heterocycles. The molecular weight excluding hydrogens is 697 g/mol. The number of carboxylic acid groups (broad SMARTS) is 1. The molecule has 8 aliphatic rings. The van der Waals surface area contributed by atoms with Gasteiger partial charge in [-0.3, -0.25) is 14.5 Å². The molecule has 8 nitrogen and oxygen atoms in total. The third kappa shape index (κ3) is 5.69. The zero-order valence-corrected chi connectivity index (χ0v) is 36.1. The van der Waals surface area contributed by atoms with Gasteiger partial charge in [-0.25, -0.2) is 8.42 Å². The number of hydrogen-bond donors (Lipinski definition) is 2. The van der Waals surface area contributed by atoms with E-state index in [2.05, 4.69) is 58.7 Å². The predicted molar refractivity (Wildman–Crippen MR) is 212 cm³/mol. The van der Waals surface area contributed by atoms with E-state index < -0.39 is 27.1 Å². The van der Waals surface area contributed by atoms with E-state index in [1.807, 2.05) is 13.8 Å². The van der Waals surface area contributed by atoms with Crippen molar-refractivity contribution >= 4 is 21.8 Å². The van der Waals surface area contributed by atoms with Crippen LogP contribution in [0.25, 0.3) is 0 Å². The second kappa shape index (κ2) is 12.7. The predicted octanol–water partition coefficient (Wildman–Crippen LogP) is 7.99. The van der Waals surface area contributed by atoms with E-state index in [1.165, 1.54) is 64.2 Å².